The summed E-state index contributed by atoms with van der Waals surface area (Å²) in [5.74, 6) is 1.85. The minimum Gasteiger partial charge on any atom is -0.508 e. The third-order valence-electron chi connectivity index (χ3n) is 4.09. The molecule has 156 valence electrons. The van der Waals surface area contributed by atoms with Crippen molar-refractivity contribution < 1.29 is 14.6 Å². The van der Waals surface area contributed by atoms with Gasteiger partial charge >= 0.3 is 0 Å². The number of phenols is 1. The number of aromatic hydroxyl groups is 1. The Balaban J connectivity index is 0.00000235. The molecule has 0 atom stereocenters. The van der Waals surface area contributed by atoms with Crippen molar-refractivity contribution in [3.63, 3.8) is 0 Å². The fourth-order valence-corrected chi connectivity index (χ4v) is 2.94. The van der Waals surface area contributed by atoms with Crippen molar-refractivity contribution in [1.82, 2.24) is 6.15 Å². The molecule has 0 spiro atoms. The fraction of sp³-hybridized carbons (Fsp3) is 0.417. The highest BCUT2D eigenvalue weighted by atomic mass is 16.5. The predicted octanol–water partition coefficient (Wildman–Crippen LogP) is 6.78. The van der Waals surface area contributed by atoms with Crippen LogP contribution in [-0.4, -0.2) is 18.8 Å². The number of benzene rings is 2. The molecule has 0 aliphatic heterocycles. The molecule has 0 fully saturated rings. The van der Waals surface area contributed by atoms with Gasteiger partial charge in [0.05, 0.1) is 13.7 Å². The van der Waals surface area contributed by atoms with E-state index in [1.165, 1.54) is 0 Å². The van der Waals surface area contributed by atoms with Gasteiger partial charge in [0.15, 0.2) is 11.5 Å². The topological polar surface area (TPSA) is 73.7 Å². The first kappa shape index (κ1) is 25.5. The molecule has 0 aromatic heterocycles. The van der Waals surface area contributed by atoms with Crippen molar-refractivity contribution in [2.24, 2.45) is 0 Å². The zero-order valence-corrected chi connectivity index (χ0v) is 18.3. The Kier molecular flexibility index (Phi) is 12.5. The lowest BCUT2D eigenvalue weighted by atomic mass is 9.94. The Morgan fingerprint density at radius 2 is 1.61 bits per heavy atom. The van der Waals surface area contributed by atoms with Crippen LogP contribution in [0.2, 0.25) is 0 Å². The maximum Gasteiger partial charge on any atom is 0.161 e. The zero-order valence-electron chi connectivity index (χ0n) is 18.3. The van der Waals surface area contributed by atoms with Crippen LogP contribution in [-0.2, 0) is 6.42 Å². The van der Waals surface area contributed by atoms with Crippen molar-refractivity contribution >= 4 is 5.57 Å². The predicted molar refractivity (Wildman–Crippen MR) is 120 cm³/mol. The normalized spacial score (nSPS) is 10.4. The van der Waals surface area contributed by atoms with E-state index in [0.717, 1.165) is 53.0 Å². The molecule has 4 nitrogen and oxygen atoms in total. The van der Waals surface area contributed by atoms with Gasteiger partial charge in [-0.3, -0.25) is 0 Å². The van der Waals surface area contributed by atoms with Gasteiger partial charge in [0, 0.05) is 0 Å². The Hall–Kier alpha value is -2.46. The SMILES string of the molecule is CC.CCC=C(c1ccc(O)c(CCC)c1)c1ccc(OC)c(OCC)c1.N. The average molecular weight is 388 g/mol. The second-order valence-corrected chi connectivity index (χ2v) is 5.92. The third kappa shape index (κ3) is 6.61. The van der Waals surface area contributed by atoms with Crippen molar-refractivity contribution in [1.29, 1.82) is 0 Å². The van der Waals surface area contributed by atoms with Crippen molar-refractivity contribution in [3.05, 3.63) is 59.2 Å². The molecular formula is C24H37NO3. The lowest BCUT2D eigenvalue weighted by molar-refractivity contribution is 0.311. The second kappa shape index (κ2) is 13.7. The molecule has 0 radical (unpaired) electrons. The van der Waals surface area contributed by atoms with Gasteiger partial charge in [0.2, 0.25) is 0 Å². The van der Waals surface area contributed by atoms with Gasteiger partial charge in [-0.05, 0) is 66.3 Å². The molecule has 0 aliphatic rings. The summed E-state index contributed by atoms with van der Waals surface area (Å²) in [5, 5.41) is 10.1. The number of methoxy groups -OCH3 is 1. The van der Waals surface area contributed by atoms with E-state index in [1.54, 1.807) is 13.2 Å². The first-order chi connectivity index (χ1) is 13.1. The Morgan fingerprint density at radius 1 is 0.964 bits per heavy atom. The Labute approximate surface area is 170 Å². The molecule has 2 rings (SSSR count). The monoisotopic (exact) mass is 387 g/mol. The molecule has 4 N–H and O–H groups in total. The minimum atomic E-state index is 0. The summed E-state index contributed by atoms with van der Waals surface area (Å²) < 4.78 is 11.1. The van der Waals surface area contributed by atoms with Gasteiger partial charge in [-0.1, -0.05) is 52.3 Å². The molecule has 0 amide bonds. The molecule has 2 aromatic rings. The lowest BCUT2D eigenvalue weighted by Gasteiger charge is -2.15. The summed E-state index contributed by atoms with van der Waals surface area (Å²) in [6.07, 6.45) is 5.00. The number of ether oxygens (including phenoxy) is 2. The smallest absolute Gasteiger partial charge is 0.161 e. The number of hydrogen-bond donors (Lipinski definition) is 2. The van der Waals surface area contributed by atoms with Gasteiger partial charge in [0.1, 0.15) is 5.75 Å². The van der Waals surface area contributed by atoms with E-state index in [0.29, 0.717) is 12.4 Å². The van der Waals surface area contributed by atoms with Crippen molar-refractivity contribution in [2.75, 3.05) is 13.7 Å². The maximum absolute atomic E-state index is 10.1. The maximum atomic E-state index is 10.1. The van der Waals surface area contributed by atoms with Crippen LogP contribution < -0.4 is 15.6 Å². The average Bonchev–Trinajstić information content (AvgIpc) is 2.70. The molecule has 4 heteroatoms. The summed E-state index contributed by atoms with van der Waals surface area (Å²) in [5.41, 5.74) is 4.32. The lowest BCUT2D eigenvalue weighted by Crippen LogP contribution is -1.97. The van der Waals surface area contributed by atoms with E-state index in [-0.39, 0.29) is 6.15 Å². The van der Waals surface area contributed by atoms with Crippen LogP contribution in [0.1, 0.15) is 64.2 Å². The molecule has 0 aliphatic carbocycles. The number of phenolic OH excluding ortho intramolecular Hbond substituents is 1. The zero-order chi connectivity index (χ0) is 20.2. The summed E-state index contributed by atoms with van der Waals surface area (Å²) in [6.45, 7) is 10.8. The number of allylic oxidation sites excluding steroid dienone is 1. The highest BCUT2D eigenvalue weighted by molar-refractivity contribution is 5.81. The van der Waals surface area contributed by atoms with Crippen LogP contribution in [0, 0.1) is 0 Å². The first-order valence-electron chi connectivity index (χ1n) is 9.98. The quantitative estimate of drug-likeness (QED) is 0.523. The van der Waals surface area contributed by atoms with Gasteiger partial charge < -0.3 is 20.7 Å². The highest BCUT2D eigenvalue weighted by Crippen LogP contribution is 2.34. The van der Waals surface area contributed by atoms with E-state index in [4.69, 9.17) is 9.47 Å². The third-order valence-corrected chi connectivity index (χ3v) is 4.09. The summed E-state index contributed by atoms with van der Waals surface area (Å²) in [6, 6.07) is 11.9. The molecule has 2 aromatic carbocycles. The van der Waals surface area contributed by atoms with Gasteiger partial charge in [-0.25, -0.2) is 0 Å². The molecule has 0 unspecified atom stereocenters. The molecule has 28 heavy (non-hydrogen) atoms. The minimum absolute atomic E-state index is 0. The van der Waals surface area contributed by atoms with E-state index in [1.807, 2.05) is 39.0 Å². The van der Waals surface area contributed by atoms with Gasteiger partial charge in [-0.15, -0.1) is 0 Å². The van der Waals surface area contributed by atoms with Crippen LogP contribution in [0.3, 0.4) is 0 Å². The van der Waals surface area contributed by atoms with Crippen LogP contribution in [0.4, 0.5) is 0 Å². The molecule has 0 saturated heterocycles. The number of aryl methyl sites for hydroxylation is 1. The largest absolute Gasteiger partial charge is 0.508 e. The van der Waals surface area contributed by atoms with Crippen LogP contribution in [0.5, 0.6) is 17.2 Å². The molecule has 0 saturated carbocycles. The van der Waals surface area contributed by atoms with E-state index >= 15 is 0 Å². The highest BCUT2D eigenvalue weighted by Gasteiger charge is 2.12. The number of rotatable bonds is 8. The standard InChI is InChI=1S/C22H28O3.C2H6.H3N/c1-5-8-18-14-16(10-12-20(18)23)19(9-6-2)17-11-13-21(24-4)22(15-17)25-7-3;1-2;/h9-15,23H,5-8H2,1-4H3;1-2H3;1H3. The van der Waals surface area contributed by atoms with Crippen LogP contribution in [0.25, 0.3) is 5.57 Å². The molecule has 0 bridgehead atoms. The first-order valence-corrected chi connectivity index (χ1v) is 9.98. The molecule has 0 heterocycles. The summed E-state index contributed by atoms with van der Waals surface area (Å²) in [7, 11) is 1.65. The second-order valence-electron chi connectivity index (χ2n) is 5.92. The Morgan fingerprint density at radius 3 is 2.18 bits per heavy atom. The van der Waals surface area contributed by atoms with Gasteiger partial charge in [-0.2, -0.15) is 0 Å². The fourth-order valence-electron chi connectivity index (χ4n) is 2.94. The van der Waals surface area contributed by atoms with Crippen molar-refractivity contribution in [2.45, 2.75) is 53.9 Å². The van der Waals surface area contributed by atoms with Gasteiger partial charge in [0.25, 0.3) is 0 Å². The summed E-state index contributed by atoms with van der Waals surface area (Å²) in [4.78, 5) is 0. The van der Waals surface area contributed by atoms with E-state index in [9.17, 15) is 5.11 Å². The summed E-state index contributed by atoms with van der Waals surface area (Å²) >= 11 is 0. The number of hydrogen-bond acceptors (Lipinski definition) is 4. The van der Waals surface area contributed by atoms with E-state index < -0.39 is 0 Å². The molecular weight excluding hydrogens is 350 g/mol. The van der Waals surface area contributed by atoms with E-state index in [2.05, 4.69) is 32.1 Å². The Bertz CT molecular complexity index is 739. The van der Waals surface area contributed by atoms with Crippen LogP contribution in [0.15, 0.2) is 42.5 Å². The van der Waals surface area contributed by atoms with Crippen LogP contribution >= 0.6 is 0 Å². The van der Waals surface area contributed by atoms with Crippen molar-refractivity contribution in [3.8, 4) is 17.2 Å².